The Bertz CT molecular complexity index is 1330. The number of carbonyl (C=O) groups excluding carboxylic acids is 3. The van der Waals surface area contributed by atoms with Crippen LogP contribution in [0.2, 0.25) is 10.0 Å². The number of ether oxygens (including phenoxy) is 1. The summed E-state index contributed by atoms with van der Waals surface area (Å²) in [5.74, 6) is -4.81. The quantitative estimate of drug-likeness (QED) is 0.167. The molecule has 1 atom stereocenters. The first-order chi connectivity index (χ1) is 16.5. The maximum absolute atomic E-state index is 13.3. The molecule has 0 radical (unpaired) electrons. The fourth-order valence-corrected chi connectivity index (χ4v) is 3.17. The smallest absolute Gasteiger partial charge is 0.346 e. The third-order valence-electron chi connectivity index (χ3n) is 4.67. The average Bonchev–Trinajstić information content (AvgIpc) is 2.77. The van der Waals surface area contributed by atoms with Gasteiger partial charge >= 0.3 is 5.97 Å². The molecule has 0 fully saturated rings. The van der Waals surface area contributed by atoms with Gasteiger partial charge in [0.1, 0.15) is 23.1 Å². The number of Topliss-reactive ketones (excluding diaryl/α,β-unsaturated/α-hetero) is 1. The van der Waals surface area contributed by atoms with Gasteiger partial charge in [0.25, 0.3) is 5.91 Å². The number of rotatable bonds is 7. The molecule has 0 saturated carbocycles. The minimum Gasteiger partial charge on any atom is -0.424 e. The van der Waals surface area contributed by atoms with E-state index in [2.05, 4.69) is 15.5 Å². The monoisotopic (exact) mass is 519 g/mol. The Morgan fingerprint density at radius 3 is 2.31 bits per heavy atom. The molecule has 1 unspecified atom stereocenters. The Morgan fingerprint density at radius 2 is 1.66 bits per heavy atom. The first-order valence-electron chi connectivity index (χ1n) is 10.00. The second-order valence-corrected chi connectivity index (χ2v) is 8.10. The lowest BCUT2D eigenvalue weighted by atomic mass is 10.1. The topological polar surface area (TPSA) is 97.2 Å². The molecule has 0 aliphatic rings. The third kappa shape index (κ3) is 6.68. The Labute approximate surface area is 208 Å². The summed E-state index contributed by atoms with van der Waals surface area (Å²) in [6.07, 6.45) is 0. The van der Waals surface area contributed by atoms with E-state index in [1.165, 1.54) is 18.2 Å². The Morgan fingerprint density at radius 1 is 0.971 bits per heavy atom. The summed E-state index contributed by atoms with van der Waals surface area (Å²) in [7, 11) is 0. The van der Waals surface area contributed by atoms with Crippen molar-refractivity contribution in [1.29, 1.82) is 0 Å². The molecular formula is C24H17Cl2F2N3O4. The third-order valence-corrected chi connectivity index (χ3v) is 5.40. The molecule has 0 aliphatic carbocycles. The molecule has 180 valence electrons. The molecule has 0 saturated heterocycles. The van der Waals surface area contributed by atoms with E-state index >= 15 is 0 Å². The second-order valence-electron chi connectivity index (χ2n) is 7.29. The van der Waals surface area contributed by atoms with Gasteiger partial charge in [-0.05, 0) is 49.7 Å². The highest BCUT2D eigenvalue weighted by atomic mass is 35.5. The highest BCUT2D eigenvalue weighted by molar-refractivity contribution is 6.33. The fraction of sp³-hybridized carbons (Fsp3) is 0.125. The first kappa shape index (κ1) is 25.9. The van der Waals surface area contributed by atoms with Gasteiger partial charge in [0, 0.05) is 34.5 Å². The number of hydrogen-bond acceptors (Lipinski definition) is 6. The lowest BCUT2D eigenvalue weighted by molar-refractivity contribution is -0.139. The molecule has 35 heavy (non-hydrogen) atoms. The lowest BCUT2D eigenvalue weighted by Crippen LogP contribution is -2.30. The number of anilines is 1. The number of azo groups is 1. The van der Waals surface area contributed by atoms with Crippen LogP contribution in [0, 0.1) is 18.6 Å². The van der Waals surface area contributed by atoms with Crippen molar-refractivity contribution in [3.05, 3.63) is 87.4 Å². The summed E-state index contributed by atoms with van der Waals surface area (Å²) in [5, 5.41) is 10.8. The molecule has 7 nitrogen and oxygen atoms in total. The standard InChI is InChI=1S/C24H17Cl2F2N3O4/c1-12-18(25)4-3-5-20(12)29-23(33)14-6-7-19(26)21(8-14)30-31-22(13(2)32)24(34)35-17-10-15(27)9-16(28)11-17/h3-11,22H,1-2H3,(H,29,33). The van der Waals surface area contributed by atoms with Crippen LogP contribution in [0.1, 0.15) is 22.8 Å². The first-order valence-corrected chi connectivity index (χ1v) is 10.8. The highest BCUT2D eigenvalue weighted by Crippen LogP contribution is 2.28. The molecule has 3 aromatic rings. The summed E-state index contributed by atoms with van der Waals surface area (Å²) < 4.78 is 31.5. The average molecular weight is 520 g/mol. The van der Waals surface area contributed by atoms with Crippen LogP contribution in [0.25, 0.3) is 0 Å². The van der Waals surface area contributed by atoms with E-state index < -0.39 is 41.1 Å². The molecular weight excluding hydrogens is 503 g/mol. The summed E-state index contributed by atoms with van der Waals surface area (Å²) in [5.41, 5.74) is 1.35. The number of benzene rings is 3. The van der Waals surface area contributed by atoms with Crippen LogP contribution in [-0.2, 0) is 9.59 Å². The van der Waals surface area contributed by atoms with Crippen LogP contribution >= 0.6 is 23.2 Å². The van der Waals surface area contributed by atoms with E-state index in [0.717, 1.165) is 19.1 Å². The van der Waals surface area contributed by atoms with Crippen LogP contribution < -0.4 is 10.1 Å². The van der Waals surface area contributed by atoms with Gasteiger partial charge in [0.2, 0.25) is 6.04 Å². The SMILES string of the molecule is CC(=O)C(N=Nc1cc(C(=O)Nc2cccc(Cl)c2C)ccc1Cl)C(=O)Oc1cc(F)cc(F)c1. The Balaban J connectivity index is 1.81. The lowest BCUT2D eigenvalue weighted by Gasteiger charge is -2.10. The fourth-order valence-electron chi connectivity index (χ4n) is 2.84. The van der Waals surface area contributed by atoms with Crippen molar-refractivity contribution in [2.45, 2.75) is 19.9 Å². The number of halogens is 4. The molecule has 3 rings (SSSR count). The maximum Gasteiger partial charge on any atom is 0.346 e. The molecule has 0 spiro atoms. The van der Waals surface area contributed by atoms with Gasteiger partial charge in [0.15, 0.2) is 5.78 Å². The van der Waals surface area contributed by atoms with Crippen LogP contribution in [0.4, 0.5) is 20.2 Å². The van der Waals surface area contributed by atoms with E-state index in [-0.39, 0.29) is 16.3 Å². The van der Waals surface area contributed by atoms with Crippen molar-refractivity contribution in [2.75, 3.05) is 5.32 Å². The minimum absolute atomic E-state index is 0.00187. The molecule has 0 bridgehead atoms. The van der Waals surface area contributed by atoms with E-state index in [1.54, 1.807) is 25.1 Å². The Kier molecular flexibility index (Phi) is 8.26. The normalized spacial score (nSPS) is 11.8. The Hall–Kier alpha value is -3.69. The molecule has 11 heteroatoms. The zero-order valence-electron chi connectivity index (χ0n) is 18.3. The van der Waals surface area contributed by atoms with Crippen LogP contribution in [0.3, 0.4) is 0 Å². The van der Waals surface area contributed by atoms with Crippen LogP contribution in [-0.4, -0.2) is 23.7 Å². The number of ketones is 1. The highest BCUT2D eigenvalue weighted by Gasteiger charge is 2.26. The van der Waals surface area contributed by atoms with Crippen molar-refractivity contribution in [3.8, 4) is 5.75 Å². The summed E-state index contributed by atoms with van der Waals surface area (Å²) in [6, 6.07) is 9.63. The number of nitrogens with zero attached hydrogens (tertiary/aromatic N) is 2. The summed E-state index contributed by atoms with van der Waals surface area (Å²) in [6.45, 7) is 2.81. The molecule has 0 aliphatic heterocycles. The zero-order valence-corrected chi connectivity index (χ0v) is 19.8. The second kappa shape index (κ2) is 11.2. The predicted molar refractivity (Wildman–Crippen MR) is 127 cm³/mol. The summed E-state index contributed by atoms with van der Waals surface area (Å²) >= 11 is 12.2. The van der Waals surface area contributed by atoms with Gasteiger partial charge in [-0.25, -0.2) is 13.6 Å². The zero-order chi connectivity index (χ0) is 25.7. The van der Waals surface area contributed by atoms with Crippen molar-refractivity contribution in [1.82, 2.24) is 0 Å². The van der Waals surface area contributed by atoms with Gasteiger partial charge in [-0.3, -0.25) is 9.59 Å². The number of nitrogens with one attached hydrogen (secondary N) is 1. The van der Waals surface area contributed by atoms with E-state index in [1.807, 2.05) is 0 Å². The maximum atomic E-state index is 13.3. The van der Waals surface area contributed by atoms with Crippen molar-refractivity contribution in [2.24, 2.45) is 10.2 Å². The van der Waals surface area contributed by atoms with Crippen molar-refractivity contribution in [3.63, 3.8) is 0 Å². The van der Waals surface area contributed by atoms with Crippen molar-refractivity contribution >= 4 is 52.2 Å². The molecule has 0 heterocycles. The van der Waals surface area contributed by atoms with E-state index in [0.29, 0.717) is 22.3 Å². The van der Waals surface area contributed by atoms with Crippen LogP contribution in [0.15, 0.2) is 64.8 Å². The number of amides is 1. The number of esters is 1. The minimum atomic E-state index is -1.73. The largest absolute Gasteiger partial charge is 0.424 e. The van der Waals surface area contributed by atoms with Gasteiger partial charge in [0.05, 0.1) is 5.02 Å². The number of carbonyl (C=O) groups is 3. The molecule has 0 aromatic heterocycles. The van der Waals surface area contributed by atoms with Gasteiger partial charge < -0.3 is 10.1 Å². The number of hydrogen-bond donors (Lipinski definition) is 1. The van der Waals surface area contributed by atoms with Gasteiger partial charge in [-0.1, -0.05) is 29.3 Å². The van der Waals surface area contributed by atoms with E-state index in [9.17, 15) is 23.2 Å². The van der Waals surface area contributed by atoms with Crippen molar-refractivity contribution < 1.29 is 27.9 Å². The molecule has 3 aromatic carbocycles. The molecule has 1 amide bonds. The summed E-state index contributed by atoms with van der Waals surface area (Å²) in [4.78, 5) is 37.0. The molecule has 1 N–H and O–H groups in total. The van der Waals surface area contributed by atoms with Gasteiger partial charge in [-0.2, -0.15) is 10.2 Å². The van der Waals surface area contributed by atoms with Crippen LogP contribution in [0.5, 0.6) is 5.75 Å². The van der Waals surface area contributed by atoms with Gasteiger partial charge in [-0.15, -0.1) is 0 Å². The van der Waals surface area contributed by atoms with E-state index in [4.69, 9.17) is 27.9 Å². The predicted octanol–water partition coefficient (Wildman–Crippen LogP) is 6.48.